The molecule has 1 aromatic carbocycles. The number of nitrogens with zero attached hydrogens (tertiary/aromatic N) is 2. The second-order valence-electron chi connectivity index (χ2n) is 6.42. The van der Waals surface area contributed by atoms with Crippen LogP contribution in [0.15, 0.2) is 12.1 Å². The minimum atomic E-state index is -0.998. The molecule has 1 aliphatic rings. The van der Waals surface area contributed by atoms with Crippen molar-refractivity contribution in [1.29, 1.82) is 0 Å². The monoisotopic (exact) mass is 331 g/mol. The summed E-state index contributed by atoms with van der Waals surface area (Å²) >= 11 is 0. The number of ether oxygens (including phenoxy) is 1. The van der Waals surface area contributed by atoms with Crippen LogP contribution in [-0.4, -0.2) is 40.3 Å². The molecule has 1 unspecified atom stereocenters. The Labute approximate surface area is 141 Å². The molecular weight excluding hydrogens is 306 g/mol. The van der Waals surface area contributed by atoms with E-state index in [2.05, 4.69) is 17.0 Å². The van der Waals surface area contributed by atoms with E-state index >= 15 is 0 Å². The van der Waals surface area contributed by atoms with Gasteiger partial charge in [0.05, 0.1) is 6.61 Å². The Bertz CT molecular complexity index is 782. The van der Waals surface area contributed by atoms with E-state index in [0.29, 0.717) is 0 Å². The molecule has 0 radical (unpaired) electrons. The zero-order valence-corrected chi connectivity index (χ0v) is 14.5. The Balaban J connectivity index is 1.97. The lowest BCUT2D eigenvalue weighted by Gasteiger charge is -2.13. The van der Waals surface area contributed by atoms with E-state index in [4.69, 9.17) is 10.5 Å². The summed E-state index contributed by atoms with van der Waals surface area (Å²) in [5.41, 5.74) is 11.2. The molecule has 0 spiro atoms. The highest BCUT2D eigenvalue weighted by Gasteiger charge is 2.26. The molecule has 1 aliphatic heterocycles. The van der Waals surface area contributed by atoms with Crippen LogP contribution >= 0.6 is 0 Å². The lowest BCUT2D eigenvalue weighted by atomic mass is 10.0. The van der Waals surface area contributed by atoms with Gasteiger partial charge in [0, 0.05) is 55.4 Å². The SMILES string of the molecule is CCOCCN1Cc2cc3c(C(N)C(=O)O)c(C)n(C)c3cc2C1. The minimum Gasteiger partial charge on any atom is -0.480 e. The Morgan fingerprint density at radius 2 is 2.04 bits per heavy atom. The van der Waals surface area contributed by atoms with Gasteiger partial charge in [-0.2, -0.15) is 0 Å². The number of carboxylic acids is 1. The number of benzene rings is 1. The average Bonchev–Trinajstić information content (AvgIpc) is 3.04. The quantitative estimate of drug-likeness (QED) is 0.791. The van der Waals surface area contributed by atoms with E-state index in [9.17, 15) is 9.90 Å². The fourth-order valence-electron chi connectivity index (χ4n) is 3.57. The Morgan fingerprint density at radius 1 is 1.38 bits per heavy atom. The molecular formula is C18H25N3O3. The average molecular weight is 331 g/mol. The van der Waals surface area contributed by atoms with Gasteiger partial charge >= 0.3 is 5.97 Å². The maximum atomic E-state index is 11.4. The van der Waals surface area contributed by atoms with Crippen LogP contribution in [0.1, 0.15) is 35.3 Å². The minimum absolute atomic E-state index is 0.718. The first-order valence-corrected chi connectivity index (χ1v) is 8.33. The van der Waals surface area contributed by atoms with E-state index in [0.717, 1.165) is 55.0 Å². The number of nitrogens with two attached hydrogens (primary N) is 1. The number of hydrogen-bond donors (Lipinski definition) is 2. The second-order valence-corrected chi connectivity index (χ2v) is 6.42. The number of carboxylic acid groups (broad SMARTS) is 1. The third-order valence-electron chi connectivity index (χ3n) is 4.98. The predicted molar refractivity (Wildman–Crippen MR) is 92.8 cm³/mol. The highest BCUT2D eigenvalue weighted by Crippen LogP contribution is 2.34. The van der Waals surface area contributed by atoms with E-state index in [-0.39, 0.29) is 0 Å². The van der Waals surface area contributed by atoms with Crippen molar-refractivity contribution in [2.45, 2.75) is 33.0 Å². The van der Waals surface area contributed by atoms with Crippen LogP contribution in [0.5, 0.6) is 0 Å². The molecule has 2 heterocycles. The van der Waals surface area contributed by atoms with Gasteiger partial charge < -0.3 is 20.1 Å². The van der Waals surface area contributed by atoms with Gasteiger partial charge in [-0.15, -0.1) is 0 Å². The summed E-state index contributed by atoms with van der Waals surface area (Å²) in [6.07, 6.45) is 0. The zero-order valence-electron chi connectivity index (χ0n) is 14.5. The van der Waals surface area contributed by atoms with Gasteiger partial charge in [0.15, 0.2) is 0 Å². The number of aliphatic carboxylic acids is 1. The summed E-state index contributed by atoms with van der Waals surface area (Å²) in [5, 5.41) is 10.3. The summed E-state index contributed by atoms with van der Waals surface area (Å²) in [4.78, 5) is 13.7. The number of aromatic nitrogens is 1. The number of fused-ring (bicyclic) bond motifs is 2. The number of aryl methyl sites for hydroxylation is 1. The van der Waals surface area contributed by atoms with Gasteiger partial charge in [0.25, 0.3) is 0 Å². The van der Waals surface area contributed by atoms with Crippen LogP contribution in [0.25, 0.3) is 10.9 Å². The molecule has 0 amide bonds. The molecule has 0 aliphatic carbocycles. The van der Waals surface area contributed by atoms with Crippen molar-refractivity contribution >= 4 is 16.9 Å². The van der Waals surface area contributed by atoms with Gasteiger partial charge in [-0.05, 0) is 37.1 Å². The molecule has 6 heteroatoms. The first-order valence-electron chi connectivity index (χ1n) is 8.33. The van der Waals surface area contributed by atoms with Crippen LogP contribution in [-0.2, 0) is 29.7 Å². The largest absolute Gasteiger partial charge is 0.480 e. The highest BCUT2D eigenvalue weighted by atomic mass is 16.5. The smallest absolute Gasteiger partial charge is 0.325 e. The molecule has 0 saturated carbocycles. The summed E-state index contributed by atoms with van der Waals surface area (Å²) in [7, 11) is 1.96. The molecule has 3 rings (SSSR count). The molecule has 130 valence electrons. The molecule has 1 atom stereocenters. The summed E-state index contributed by atoms with van der Waals surface area (Å²) in [6.45, 7) is 8.08. The van der Waals surface area contributed by atoms with Crippen LogP contribution < -0.4 is 5.73 Å². The highest BCUT2D eigenvalue weighted by molar-refractivity contribution is 5.92. The topological polar surface area (TPSA) is 80.7 Å². The maximum absolute atomic E-state index is 11.4. The van der Waals surface area contributed by atoms with E-state index < -0.39 is 12.0 Å². The molecule has 0 saturated heterocycles. The Morgan fingerprint density at radius 3 is 2.67 bits per heavy atom. The summed E-state index contributed by atoms with van der Waals surface area (Å²) in [5.74, 6) is -0.996. The molecule has 1 aromatic heterocycles. The molecule has 2 aromatic rings. The number of rotatable bonds is 6. The fourth-order valence-corrected chi connectivity index (χ4v) is 3.57. The molecule has 0 bridgehead atoms. The van der Waals surface area contributed by atoms with Crippen LogP contribution in [0.3, 0.4) is 0 Å². The zero-order chi connectivity index (χ0) is 17.4. The standard InChI is InChI=1S/C18H25N3O3/c1-4-24-6-5-21-9-12-7-14-15(8-13(12)10-21)20(3)11(2)16(14)17(19)18(22)23/h7-8,17H,4-6,9-10,19H2,1-3H3,(H,22,23). The van der Waals surface area contributed by atoms with Crippen LogP contribution in [0, 0.1) is 6.92 Å². The van der Waals surface area contributed by atoms with Crippen molar-refractivity contribution in [3.05, 3.63) is 34.5 Å². The molecule has 6 nitrogen and oxygen atoms in total. The van der Waals surface area contributed by atoms with Crippen LogP contribution in [0.4, 0.5) is 0 Å². The second kappa shape index (κ2) is 6.55. The van der Waals surface area contributed by atoms with Crippen molar-refractivity contribution in [1.82, 2.24) is 9.47 Å². The van der Waals surface area contributed by atoms with Crippen molar-refractivity contribution in [3.63, 3.8) is 0 Å². The predicted octanol–water partition coefficient (Wildman–Crippen LogP) is 1.92. The van der Waals surface area contributed by atoms with Crippen LogP contribution in [0.2, 0.25) is 0 Å². The normalized spacial score (nSPS) is 15.8. The maximum Gasteiger partial charge on any atom is 0.325 e. The van der Waals surface area contributed by atoms with Gasteiger partial charge in [0.2, 0.25) is 0 Å². The number of hydrogen-bond acceptors (Lipinski definition) is 4. The van der Waals surface area contributed by atoms with E-state index in [1.54, 1.807) is 0 Å². The third-order valence-corrected chi connectivity index (χ3v) is 4.98. The lowest BCUT2D eigenvalue weighted by Crippen LogP contribution is -2.21. The summed E-state index contributed by atoms with van der Waals surface area (Å²) in [6, 6.07) is 3.30. The first kappa shape index (κ1) is 17.0. The number of carbonyl (C=O) groups is 1. The van der Waals surface area contributed by atoms with Crippen molar-refractivity contribution < 1.29 is 14.6 Å². The van der Waals surface area contributed by atoms with Gasteiger partial charge in [0.1, 0.15) is 6.04 Å². The van der Waals surface area contributed by atoms with Crippen molar-refractivity contribution in [2.75, 3.05) is 19.8 Å². The molecule has 3 N–H and O–H groups in total. The van der Waals surface area contributed by atoms with Crippen molar-refractivity contribution in [3.8, 4) is 0 Å². The Kier molecular flexibility index (Phi) is 4.62. The molecule has 24 heavy (non-hydrogen) atoms. The molecule has 0 fully saturated rings. The van der Waals surface area contributed by atoms with Gasteiger partial charge in [-0.3, -0.25) is 9.69 Å². The van der Waals surface area contributed by atoms with E-state index in [1.165, 1.54) is 11.1 Å². The van der Waals surface area contributed by atoms with Crippen molar-refractivity contribution in [2.24, 2.45) is 12.8 Å². The van der Waals surface area contributed by atoms with E-state index in [1.807, 2.05) is 25.5 Å². The van der Waals surface area contributed by atoms with Gasteiger partial charge in [-0.1, -0.05) is 0 Å². The lowest BCUT2D eigenvalue weighted by molar-refractivity contribution is -0.138. The van der Waals surface area contributed by atoms with Gasteiger partial charge in [-0.25, -0.2) is 0 Å². The fraction of sp³-hybridized carbons (Fsp3) is 0.500. The Hall–Kier alpha value is -1.89. The summed E-state index contributed by atoms with van der Waals surface area (Å²) < 4.78 is 7.48. The third kappa shape index (κ3) is 2.81. The first-order chi connectivity index (χ1) is 11.4.